The van der Waals surface area contributed by atoms with Crippen LogP contribution in [0.25, 0.3) is 22.5 Å². The van der Waals surface area contributed by atoms with Crippen molar-refractivity contribution in [2.24, 2.45) is 0 Å². The molecule has 4 heterocycles. The van der Waals surface area contributed by atoms with Crippen LogP contribution in [0.5, 0.6) is 5.75 Å². The summed E-state index contributed by atoms with van der Waals surface area (Å²) in [7, 11) is 1.65. The lowest BCUT2D eigenvalue weighted by Crippen LogP contribution is -2.39. The fourth-order valence-corrected chi connectivity index (χ4v) is 3.51. The summed E-state index contributed by atoms with van der Waals surface area (Å²) in [4.78, 5) is 22.2. The lowest BCUT2D eigenvalue weighted by molar-refractivity contribution is 0.206. The summed E-state index contributed by atoms with van der Waals surface area (Å²) in [5, 5.41) is 10.6. The number of aromatic nitrogens is 4. The van der Waals surface area contributed by atoms with Gasteiger partial charge in [0, 0.05) is 41.7 Å². The number of amides is 2. The molecule has 0 spiro atoms. The maximum absolute atomic E-state index is 12.7. The van der Waals surface area contributed by atoms with E-state index < -0.39 is 0 Å². The number of urea groups is 1. The van der Waals surface area contributed by atoms with Gasteiger partial charge in [-0.05, 0) is 30.3 Å². The Hall–Kier alpha value is -3.75. The summed E-state index contributed by atoms with van der Waals surface area (Å²) in [6.07, 6.45) is 2.31. The van der Waals surface area contributed by atoms with E-state index in [9.17, 15) is 4.79 Å². The molecule has 1 aromatic carbocycles. The Kier molecular flexibility index (Phi) is 3.78. The van der Waals surface area contributed by atoms with Crippen LogP contribution in [0.4, 0.5) is 10.7 Å². The third kappa shape index (κ3) is 2.77. The van der Waals surface area contributed by atoms with Gasteiger partial charge in [0.2, 0.25) is 0 Å². The molecular formula is C19H18N6O3. The van der Waals surface area contributed by atoms with Crippen molar-refractivity contribution in [3.63, 3.8) is 0 Å². The Labute approximate surface area is 159 Å². The van der Waals surface area contributed by atoms with Crippen LogP contribution in [0.1, 0.15) is 11.3 Å². The van der Waals surface area contributed by atoms with Crippen molar-refractivity contribution in [3.05, 3.63) is 47.9 Å². The fraction of sp³-hybridized carbons (Fsp3) is 0.211. The summed E-state index contributed by atoms with van der Waals surface area (Å²) >= 11 is 0. The van der Waals surface area contributed by atoms with Crippen LogP contribution < -0.4 is 10.1 Å². The van der Waals surface area contributed by atoms with E-state index in [0.29, 0.717) is 24.7 Å². The number of hydrogen-bond acceptors (Lipinski definition) is 5. The number of nitrogens with zero attached hydrogens (tertiary/aromatic N) is 3. The van der Waals surface area contributed by atoms with Gasteiger partial charge >= 0.3 is 6.03 Å². The number of nitrogens with one attached hydrogen (secondary N) is 3. The molecule has 9 nitrogen and oxygen atoms in total. The molecule has 3 aromatic heterocycles. The smallest absolute Gasteiger partial charge is 0.324 e. The van der Waals surface area contributed by atoms with E-state index in [2.05, 4.69) is 25.5 Å². The van der Waals surface area contributed by atoms with Gasteiger partial charge in [-0.3, -0.25) is 10.4 Å². The van der Waals surface area contributed by atoms with Crippen LogP contribution in [0.3, 0.4) is 0 Å². The Morgan fingerprint density at radius 1 is 1.36 bits per heavy atom. The molecule has 142 valence electrons. The Balaban J connectivity index is 1.35. The van der Waals surface area contributed by atoms with Crippen LogP contribution in [0.2, 0.25) is 0 Å². The molecule has 0 fully saturated rings. The lowest BCUT2D eigenvalue weighted by Gasteiger charge is -2.26. The largest absolute Gasteiger partial charge is 0.497 e. The van der Waals surface area contributed by atoms with Crippen molar-refractivity contribution in [1.82, 2.24) is 25.1 Å². The quantitative estimate of drug-likeness (QED) is 0.507. The molecule has 28 heavy (non-hydrogen) atoms. The first-order valence-electron chi connectivity index (χ1n) is 8.91. The van der Waals surface area contributed by atoms with E-state index in [1.807, 2.05) is 18.2 Å². The third-order valence-corrected chi connectivity index (χ3v) is 4.93. The van der Waals surface area contributed by atoms with Gasteiger partial charge in [0.1, 0.15) is 5.75 Å². The van der Waals surface area contributed by atoms with Crippen molar-refractivity contribution >= 4 is 22.9 Å². The van der Waals surface area contributed by atoms with E-state index in [4.69, 9.17) is 9.15 Å². The molecule has 0 unspecified atom stereocenters. The van der Waals surface area contributed by atoms with Crippen molar-refractivity contribution in [1.29, 1.82) is 0 Å². The van der Waals surface area contributed by atoms with Gasteiger partial charge in [-0.1, -0.05) is 0 Å². The molecule has 0 saturated carbocycles. The monoisotopic (exact) mass is 378 g/mol. The standard InChI is InChI=1S/C19H18N6O3/c1-27-11-4-5-14-12(9-11)13-10-25(7-6-15(13)20-14)19(26)22-18-21-17(23-24-18)16-3-2-8-28-16/h2-5,8-9,20H,6-7,10H2,1H3,(H2,21,22,23,24,26). The molecule has 1 aliphatic heterocycles. The number of carbonyl (C=O) groups is 1. The van der Waals surface area contributed by atoms with Gasteiger partial charge < -0.3 is 19.0 Å². The number of methoxy groups -OCH3 is 1. The number of rotatable bonds is 3. The van der Waals surface area contributed by atoms with E-state index in [1.54, 1.807) is 30.4 Å². The first-order chi connectivity index (χ1) is 13.7. The first-order valence-corrected chi connectivity index (χ1v) is 8.91. The van der Waals surface area contributed by atoms with E-state index in [0.717, 1.165) is 34.3 Å². The van der Waals surface area contributed by atoms with Gasteiger partial charge in [0.25, 0.3) is 5.95 Å². The molecule has 1 aliphatic rings. The van der Waals surface area contributed by atoms with Gasteiger partial charge in [-0.2, -0.15) is 4.98 Å². The maximum atomic E-state index is 12.7. The van der Waals surface area contributed by atoms with Crippen molar-refractivity contribution in [2.45, 2.75) is 13.0 Å². The molecule has 0 atom stereocenters. The number of ether oxygens (including phenoxy) is 1. The molecular weight excluding hydrogens is 360 g/mol. The van der Waals surface area contributed by atoms with Crippen LogP contribution in [0.15, 0.2) is 41.0 Å². The number of anilines is 1. The summed E-state index contributed by atoms with van der Waals surface area (Å²) in [5.41, 5.74) is 3.32. The zero-order valence-electron chi connectivity index (χ0n) is 15.2. The predicted molar refractivity (Wildman–Crippen MR) is 102 cm³/mol. The van der Waals surface area contributed by atoms with Crippen LogP contribution >= 0.6 is 0 Å². The van der Waals surface area contributed by atoms with E-state index in [1.165, 1.54) is 0 Å². The molecule has 4 aromatic rings. The van der Waals surface area contributed by atoms with E-state index >= 15 is 0 Å². The molecule has 9 heteroatoms. The zero-order chi connectivity index (χ0) is 19.1. The third-order valence-electron chi connectivity index (χ3n) is 4.93. The highest BCUT2D eigenvalue weighted by Crippen LogP contribution is 2.30. The SMILES string of the molecule is COc1ccc2[nH]c3c(c2c1)CN(C(=O)Nc1n[nH]c(-c2ccco2)n1)CC3. The Bertz CT molecular complexity index is 1140. The summed E-state index contributed by atoms with van der Waals surface area (Å²) in [6, 6.07) is 9.21. The van der Waals surface area contributed by atoms with Crippen LogP contribution in [-0.4, -0.2) is 44.8 Å². The van der Waals surface area contributed by atoms with Gasteiger partial charge in [0.05, 0.1) is 13.4 Å². The Morgan fingerprint density at radius 2 is 2.29 bits per heavy atom. The highest BCUT2D eigenvalue weighted by Gasteiger charge is 2.25. The van der Waals surface area contributed by atoms with Crippen LogP contribution in [0, 0.1) is 0 Å². The lowest BCUT2D eigenvalue weighted by atomic mass is 10.0. The normalized spacial score (nSPS) is 13.5. The van der Waals surface area contributed by atoms with E-state index in [-0.39, 0.29) is 12.0 Å². The second kappa shape index (κ2) is 6.45. The predicted octanol–water partition coefficient (Wildman–Crippen LogP) is 3.14. The molecule has 0 saturated heterocycles. The minimum Gasteiger partial charge on any atom is -0.497 e. The van der Waals surface area contributed by atoms with Crippen LogP contribution in [-0.2, 0) is 13.0 Å². The summed E-state index contributed by atoms with van der Waals surface area (Å²) in [6.45, 7) is 1.11. The molecule has 5 rings (SSSR count). The topological polar surface area (TPSA) is 112 Å². The second-order valence-electron chi connectivity index (χ2n) is 6.58. The molecule has 2 amide bonds. The van der Waals surface area contributed by atoms with Crippen molar-refractivity contribution in [3.8, 4) is 17.3 Å². The summed E-state index contributed by atoms with van der Waals surface area (Å²) in [5.74, 6) is 2.03. The number of fused-ring (bicyclic) bond motifs is 3. The Morgan fingerprint density at radius 3 is 3.11 bits per heavy atom. The number of carbonyl (C=O) groups excluding carboxylic acids is 1. The minimum atomic E-state index is -0.243. The highest BCUT2D eigenvalue weighted by atomic mass is 16.5. The maximum Gasteiger partial charge on any atom is 0.324 e. The van der Waals surface area contributed by atoms with Gasteiger partial charge in [0.15, 0.2) is 11.6 Å². The molecule has 0 aliphatic carbocycles. The molecule has 0 radical (unpaired) electrons. The van der Waals surface area contributed by atoms with Gasteiger partial charge in [-0.25, -0.2) is 4.79 Å². The zero-order valence-corrected chi connectivity index (χ0v) is 15.2. The number of benzene rings is 1. The van der Waals surface area contributed by atoms with Crippen molar-refractivity contribution < 1.29 is 13.9 Å². The fourth-order valence-electron chi connectivity index (χ4n) is 3.51. The second-order valence-corrected chi connectivity index (χ2v) is 6.58. The number of aromatic amines is 2. The molecule has 3 N–H and O–H groups in total. The average molecular weight is 378 g/mol. The summed E-state index contributed by atoms with van der Waals surface area (Å²) < 4.78 is 10.6. The van der Waals surface area contributed by atoms with Gasteiger partial charge in [-0.15, -0.1) is 5.10 Å². The first kappa shape index (κ1) is 16.4. The van der Waals surface area contributed by atoms with Crippen molar-refractivity contribution in [2.75, 3.05) is 19.0 Å². The number of hydrogen-bond donors (Lipinski definition) is 3. The minimum absolute atomic E-state index is 0.211. The average Bonchev–Trinajstić information content (AvgIpc) is 3.46. The molecule has 0 bridgehead atoms. The highest BCUT2D eigenvalue weighted by molar-refractivity contribution is 5.90. The number of H-pyrrole nitrogens is 2. The number of furan rings is 1.